The summed E-state index contributed by atoms with van der Waals surface area (Å²) in [5, 5.41) is 7.87. The quantitative estimate of drug-likeness (QED) is 0.615. The molecule has 0 unspecified atom stereocenters. The van der Waals surface area contributed by atoms with Crippen LogP contribution in [0.3, 0.4) is 0 Å². The molecule has 1 aromatic heterocycles. The average molecular weight is 437 g/mol. The lowest BCUT2D eigenvalue weighted by molar-refractivity contribution is 0.0466. The first kappa shape index (κ1) is 19.6. The number of benzene rings is 2. The largest absolute Gasteiger partial charge is 0.455 e. The van der Waals surface area contributed by atoms with Gasteiger partial charge in [-0.15, -0.1) is 0 Å². The number of esters is 1. The van der Waals surface area contributed by atoms with E-state index in [-0.39, 0.29) is 12.6 Å². The second kappa shape index (κ2) is 8.07. The van der Waals surface area contributed by atoms with E-state index in [4.69, 9.17) is 21.4 Å². The number of nitrogens with zero attached hydrogens (tertiary/aromatic N) is 3. The van der Waals surface area contributed by atoms with Gasteiger partial charge in [0.05, 0.1) is 22.0 Å². The van der Waals surface area contributed by atoms with E-state index < -0.39 is 5.97 Å². The molecule has 7 nitrogen and oxygen atoms in total. The van der Waals surface area contributed by atoms with Gasteiger partial charge in [0.15, 0.2) is 0 Å². The molecule has 1 fully saturated rings. The second-order valence-corrected chi connectivity index (χ2v) is 8.01. The van der Waals surface area contributed by atoms with Gasteiger partial charge in [-0.1, -0.05) is 29.8 Å². The van der Waals surface area contributed by atoms with Gasteiger partial charge in [0.25, 0.3) is 0 Å². The van der Waals surface area contributed by atoms with Gasteiger partial charge in [-0.05, 0) is 49.6 Å². The van der Waals surface area contributed by atoms with Crippen LogP contribution in [0, 0.1) is 0 Å². The number of ether oxygens (including phenoxy) is 1. The Morgan fingerprint density at radius 1 is 1.16 bits per heavy atom. The van der Waals surface area contributed by atoms with Crippen LogP contribution in [-0.4, -0.2) is 34.9 Å². The molecule has 0 saturated carbocycles. The number of para-hydroxylation sites is 1. The van der Waals surface area contributed by atoms with Crippen LogP contribution in [-0.2, 0) is 24.2 Å². The topological polar surface area (TPSA) is 76.5 Å². The second-order valence-electron chi connectivity index (χ2n) is 7.60. The van der Waals surface area contributed by atoms with Gasteiger partial charge < -0.3 is 10.1 Å². The molecule has 2 aromatic carbocycles. The number of carbonyl (C=O) groups excluding carboxylic acids is 2. The van der Waals surface area contributed by atoms with Crippen LogP contribution >= 0.6 is 11.6 Å². The van der Waals surface area contributed by atoms with Gasteiger partial charge in [-0.25, -0.2) is 14.3 Å². The van der Waals surface area contributed by atoms with Crippen molar-refractivity contribution in [1.29, 1.82) is 0 Å². The monoisotopic (exact) mass is 436 g/mol. The Morgan fingerprint density at radius 3 is 2.77 bits per heavy atom. The van der Waals surface area contributed by atoms with Gasteiger partial charge in [0.1, 0.15) is 12.3 Å². The number of fused-ring (bicyclic) bond motifs is 1. The normalized spacial score (nSPS) is 15.1. The van der Waals surface area contributed by atoms with E-state index >= 15 is 0 Å². The van der Waals surface area contributed by atoms with E-state index in [0.29, 0.717) is 29.4 Å². The van der Waals surface area contributed by atoms with Crippen molar-refractivity contribution in [2.75, 3.05) is 18.0 Å². The molecule has 0 radical (unpaired) electrons. The van der Waals surface area contributed by atoms with Crippen LogP contribution in [0.15, 0.2) is 48.5 Å². The highest BCUT2D eigenvalue weighted by molar-refractivity contribution is 6.34. The highest BCUT2D eigenvalue weighted by Crippen LogP contribution is 2.30. The van der Waals surface area contributed by atoms with Crippen LogP contribution in [0.2, 0.25) is 5.02 Å². The van der Waals surface area contributed by atoms with Gasteiger partial charge in [-0.2, -0.15) is 5.10 Å². The fourth-order valence-corrected chi connectivity index (χ4v) is 4.40. The first-order valence-electron chi connectivity index (χ1n) is 10.3. The molecule has 0 atom stereocenters. The lowest BCUT2D eigenvalue weighted by Crippen LogP contribution is -2.28. The molecule has 1 aliphatic heterocycles. The predicted molar refractivity (Wildman–Crippen MR) is 117 cm³/mol. The Kier molecular flexibility index (Phi) is 5.11. The molecule has 0 spiro atoms. The van der Waals surface area contributed by atoms with Crippen LogP contribution in [0.25, 0.3) is 5.69 Å². The van der Waals surface area contributed by atoms with Crippen molar-refractivity contribution in [1.82, 2.24) is 15.1 Å². The number of aromatic nitrogens is 2. The fourth-order valence-electron chi connectivity index (χ4n) is 4.18. The number of urea groups is 1. The maximum atomic E-state index is 12.7. The molecule has 31 heavy (non-hydrogen) atoms. The maximum Gasteiger partial charge on any atom is 0.338 e. The number of rotatable bonds is 5. The van der Waals surface area contributed by atoms with E-state index in [2.05, 4.69) is 5.32 Å². The molecule has 1 N–H and O–H groups in total. The molecule has 1 saturated heterocycles. The summed E-state index contributed by atoms with van der Waals surface area (Å²) < 4.78 is 7.55. The number of hydrogen-bond acceptors (Lipinski definition) is 4. The maximum absolute atomic E-state index is 12.7. The average Bonchev–Trinajstić information content (AvgIpc) is 3.50. The van der Waals surface area contributed by atoms with Crippen LogP contribution in [0.5, 0.6) is 0 Å². The third-order valence-corrected chi connectivity index (χ3v) is 6.00. The molecule has 3 aromatic rings. The smallest absolute Gasteiger partial charge is 0.338 e. The van der Waals surface area contributed by atoms with Crippen molar-refractivity contribution in [3.05, 3.63) is 76.1 Å². The molecule has 2 aliphatic rings. The van der Waals surface area contributed by atoms with E-state index in [0.717, 1.165) is 30.6 Å². The summed E-state index contributed by atoms with van der Waals surface area (Å²) in [6, 6.07) is 14.6. The summed E-state index contributed by atoms with van der Waals surface area (Å²) in [6.07, 6.45) is 2.97. The summed E-state index contributed by atoms with van der Waals surface area (Å²) in [6.45, 7) is 1.14. The number of anilines is 1. The van der Waals surface area contributed by atoms with Gasteiger partial charge >= 0.3 is 12.0 Å². The zero-order valence-corrected chi connectivity index (χ0v) is 17.6. The molecule has 8 heteroatoms. The summed E-state index contributed by atoms with van der Waals surface area (Å²) in [4.78, 5) is 26.2. The molecule has 1 aliphatic carbocycles. The van der Waals surface area contributed by atoms with Crippen LogP contribution in [0.1, 0.15) is 33.7 Å². The molecule has 0 bridgehead atoms. The van der Waals surface area contributed by atoms with E-state index in [1.807, 2.05) is 35.0 Å². The van der Waals surface area contributed by atoms with Crippen LogP contribution in [0.4, 0.5) is 10.5 Å². The Hall–Kier alpha value is -3.32. The van der Waals surface area contributed by atoms with Crippen molar-refractivity contribution in [2.24, 2.45) is 0 Å². The third-order valence-electron chi connectivity index (χ3n) is 5.68. The molecule has 2 heterocycles. The molecular formula is C23H21ClN4O3. The number of hydrogen-bond donors (Lipinski definition) is 1. The Balaban J connectivity index is 1.35. The van der Waals surface area contributed by atoms with Crippen molar-refractivity contribution < 1.29 is 14.3 Å². The van der Waals surface area contributed by atoms with Gasteiger partial charge in [-0.3, -0.25) is 4.90 Å². The molecule has 2 amide bonds. The Bertz CT molecular complexity index is 1160. The molecular weight excluding hydrogens is 416 g/mol. The number of halogens is 1. The number of carbonyl (C=O) groups is 2. The molecule has 158 valence electrons. The van der Waals surface area contributed by atoms with E-state index in [1.54, 1.807) is 18.2 Å². The fraction of sp³-hybridized carbons (Fsp3) is 0.261. The first-order chi connectivity index (χ1) is 15.1. The SMILES string of the molecule is O=C(OCc1nn(-c2ccccc2)c2c1CCC2)c1ccc(Cl)c(N2CCNC2=O)c1. The summed E-state index contributed by atoms with van der Waals surface area (Å²) in [5.74, 6) is -0.474. The zero-order valence-electron chi connectivity index (χ0n) is 16.8. The Labute approximate surface area is 184 Å². The van der Waals surface area contributed by atoms with Gasteiger partial charge in [0.2, 0.25) is 0 Å². The summed E-state index contributed by atoms with van der Waals surface area (Å²) >= 11 is 6.26. The first-order valence-corrected chi connectivity index (χ1v) is 10.7. The third kappa shape index (κ3) is 3.65. The number of amides is 2. The summed E-state index contributed by atoms with van der Waals surface area (Å²) in [5.41, 5.74) is 4.99. The highest BCUT2D eigenvalue weighted by Gasteiger charge is 2.26. The number of nitrogens with one attached hydrogen (secondary N) is 1. The Morgan fingerprint density at radius 2 is 2.00 bits per heavy atom. The zero-order chi connectivity index (χ0) is 21.4. The molecule has 5 rings (SSSR count). The minimum atomic E-state index is -0.474. The van der Waals surface area contributed by atoms with E-state index in [9.17, 15) is 9.59 Å². The van der Waals surface area contributed by atoms with Crippen molar-refractivity contribution in [3.63, 3.8) is 0 Å². The van der Waals surface area contributed by atoms with Gasteiger partial charge in [0, 0.05) is 24.3 Å². The minimum absolute atomic E-state index is 0.100. The van der Waals surface area contributed by atoms with Crippen molar-refractivity contribution >= 4 is 29.3 Å². The summed E-state index contributed by atoms with van der Waals surface area (Å²) in [7, 11) is 0. The van der Waals surface area contributed by atoms with Crippen molar-refractivity contribution in [3.8, 4) is 5.69 Å². The predicted octanol–water partition coefficient (Wildman–Crippen LogP) is 3.90. The lowest BCUT2D eigenvalue weighted by atomic mass is 10.2. The standard InChI is InChI=1S/C23H21ClN4O3/c24-18-10-9-15(13-21(18)27-12-11-25-23(27)30)22(29)31-14-19-17-7-4-8-20(17)28(26-19)16-5-2-1-3-6-16/h1-3,5-6,9-10,13H,4,7-8,11-12,14H2,(H,25,30). The van der Waals surface area contributed by atoms with Crippen LogP contribution < -0.4 is 10.2 Å². The lowest BCUT2D eigenvalue weighted by Gasteiger charge is -2.16. The van der Waals surface area contributed by atoms with Crippen molar-refractivity contribution in [2.45, 2.75) is 25.9 Å². The highest BCUT2D eigenvalue weighted by atomic mass is 35.5. The van der Waals surface area contributed by atoms with E-state index in [1.165, 1.54) is 16.2 Å². The minimum Gasteiger partial charge on any atom is -0.455 e.